The van der Waals surface area contributed by atoms with E-state index in [-0.39, 0.29) is 18.1 Å². The molecule has 4 nitrogen and oxygen atoms in total. The predicted molar refractivity (Wildman–Crippen MR) is 51.5 cm³/mol. The van der Waals surface area contributed by atoms with Crippen LogP contribution in [0.2, 0.25) is 0 Å². The van der Waals surface area contributed by atoms with Gasteiger partial charge in [0, 0.05) is 12.0 Å². The van der Waals surface area contributed by atoms with Gasteiger partial charge in [-0.3, -0.25) is 4.79 Å². The first kappa shape index (κ1) is 9.71. The summed E-state index contributed by atoms with van der Waals surface area (Å²) in [6, 6.07) is 5.06. The topological polar surface area (TPSA) is 63.6 Å². The Labute approximate surface area is 86.5 Å². The lowest BCUT2D eigenvalue weighted by atomic mass is 9.99. The molecule has 0 atom stereocenters. The highest BCUT2D eigenvalue weighted by atomic mass is 16.5. The highest BCUT2D eigenvalue weighted by Gasteiger charge is 2.19. The van der Waals surface area contributed by atoms with Gasteiger partial charge in [0.1, 0.15) is 6.61 Å². The average molecular weight is 206 g/mol. The Morgan fingerprint density at radius 2 is 2.13 bits per heavy atom. The third-order valence-corrected chi connectivity index (χ3v) is 2.48. The van der Waals surface area contributed by atoms with E-state index in [4.69, 9.17) is 9.84 Å². The number of carboxylic acids is 1. The molecule has 0 spiro atoms. The van der Waals surface area contributed by atoms with Crippen LogP contribution in [0, 0.1) is 0 Å². The molecule has 0 amide bonds. The van der Waals surface area contributed by atoms with Crippen LogP contribution in [0.25, 0.3) is 0 Å². The predicted octanol–water partition coefficient (Wildman–Crippen LogP) is 1.37. The first-order chi connectivity index (χ1) is 7.18. The van der Waals surface area contributed by atoms with Crippen LogP contribution in [0.4, 0.5) is 0 Å². The van der Waals surface area contributed by atoms with Gasteiger partial charge in [-0.25, -0.2) is 4.79 Å². The van der Waals surface area contributed by atoms with Gasteiger partial charge in [-0.15, -0.1) is 0 Å². The third-order valence-electron chi connectivity index (χ3n) is 2.48. The number of ether oxygens (including phenoxy) is 1. The van der Waals surface area contributed by atoms with Crippen LogP contribution in [0.3, 0.4) is 0 Å². The van der Waals surface area contributed by atoms with Crippen LogP contribution in [-0.4, -0.2) is 17.0 Å². The van der Waals surface area contributed by atoms with Crippen molar-refractivity contribution < 1.29 is 19.4 Å². The number of hydrogen-bond donors (Lipinski definition) is 1. The smallest absolute Gasteiger partial charge is 0.336 e. The van der Waals surface area contributed by atoms with Crippen molar-refractivity contribution in [2.75, 3.05) is 0 Å². The van der Waals surface area contributed by atoms with Crippen LogP contribution < -0.4 is 0 Å². The van der Waals surface area contributed by atoms with Crippen LogP contribution in [-0.2, 0) is 22.6 Å². The lowest BCUT2D eigenvalue weighted by molar-refractivity contribution is -0.144. The molecule has 1 aliphatic rings. The van der Waals surface area contributed by atoms with Gasteiger partial charge in [0.15, 0.2) is 0 Å². The second kappa shape index (κ2) is 3.73. The Morgan fingerprint density at radius 3 is 2.87 bits per heavy atom. The lowest BCUT2D eigenvalue weighted by Crippen LogP contribution is -2.06. The van der Waals surface area contributed by atoms with E-state index in [1.165, 1.54) is 6.07 Å². The number of rotatable bonds is 1. The maximum Gasteiger partial charge on any atom is 0.336 e. The van der Waals surface area contributed by atoms with E-state index < -0.39 is 5.97 Å². The Morgan fingerprint density at radius 1 is 1.33 bits per heavy atom. The number of carboxylic acid groups (broad SMARTS) is 1. The summed E-state index contributed by atoms with van der Waals surface area (Å²) in [5.41, 5.74) is 1.74. The van der Waals surface area contributed by atoms with E-state index in [1.807, 2.05) is 6.07 Å². The summed E-state index contributed by atoms with van der Waals surface area (Å²) in [7, 11) is 0. The van der Waals surface area contributed by atoms with Crippen LogP contribution in [0.15, 0.2) is 18.2 Å². The molecule has 0 saturated carbocycles. The number of aryl methyl sites for hydroxylation is 1. The second-order valence-corrected chi connectivity index (χ2v) is 3.41. The number of aromatic carboxylic acids is 1. The van der Waals surface area contributed by atoms with E-state index >= 15 is 0 Å². The molecule has 1 aromatic carbocycles. The molecule has 0 aliphatic carbocycles. The van der Waals surface area contributed by atoms with Gasteiger partial charge in [0.05, 0.1) is 5.56 Å². The van der Waals surface area contributed by atoms with Crippen molar-refractivity contribution in [3.8, 4) is 0 Å². The third kappa shape index (κ3) is 1.83. The van der Waals surface area contributed by atoms with Crippen LogP contribution >= 0.6 is 0 Å². The van der Waals surface area contributed by atoms with Gasteiger partial charge in [-0.2, -0.15) is 0 Å². The highest BCUT2D eigenvalue weighted by Crippen LogP contribution is 2.21. The fraction of sp³-hybridized carbons (Fsp3) is 0.273. The Kier molecular flexibility index (Phi) is 2.41. The standard InChI is InChI=1S/C11H10O4/c12-10-5-4-7-2-1-3-8(11(13)14)9(7)6-15-10/h1-3H,4-6H2,(H,13,14). The number of fused-ring (bicyclic) bond motifs is 1. The van der Waals surface area contributed by atoms with E-state index in [0.717, 1.165) is 5.56 Å². The molecule has 1 aromatic rings. The van der Waals surface area contributed by atoms with Crippen molar-refractivity contribution in [1.82, 2.24) is 0 Å². The second-order valence-electron chi connectivity index (χ2n) is 3.41. The van der Waals surface area contributed by atoms with Gasteiger partial charge >= 0.3 is 11.9 Å². The van der Waals surface area contributed by atoms with Crippen molar-refractivity contribution in [3.05, 3.63) is 34.9 Å². The number of carbonyl (C=O) groups is 2. The van der Waals surface area contributed by atoms with E-state index in [1.54, 1.807) is 6.07 Å². The van der Waals surface area contributed by atoms with Gasteiger partial charge in [0.25, 0.3) is 0 Å². The Hall–Kier alpha value is -1.84. The number of carbonyl (C=O) groups excluding carboxylic acids is 1. The minimum atomic E-state index is -0.982. The zero-order valence-electron chi connectivity index (χ0n) is 8.03. The number of esters is 1. The molecule has 0 saturated heterocycles. The van der Waals surface area contributed by atoms with E-state index in [2.05, 4.69) is 0 Å². The minimum absolute atomic E-state index is 0.0661. The van der Waals surface area contributed by atoms with Crippen molar-refractivity contribution in [2.24, 2.45) is 0 Å². The van der Waals surface area contributed by atoms with Gasteiger partial charge in [-0.1, -0.05) is 12.1 Å². The summed E-state index contributed by atoms with van der Waals surface area (Å²) in [4.78, 5) is 22.0. The molecule has 15 heavy (non-hydrogen) atoms. The summed E-state index contributed by atoms with van der Waals surface area (Å²) >= 11 is 0. The van der Waals surface area contributed by atoms with E-state index in [0.29, 0.717) is 18.4 Å². The molecular weight excluding hydrogens is 196 g/mol. The van der Waals surface area contributed by atoms with Gasteiger partial charge in [-0.05, 0) is 18.1 Å². The first-order valence-electron chi connectivity index (χ1n) is 4.68. The Bertz CT molecular complexity index is 423. The van der Waals surface area contributed by atoms with E-state index in [9.17, 15) is 9.59 Å². The van der Waals surface area contributed by atoms with Crippen molar-refractivity contribution in [3.63, 3.8) is 0 Å². The molecule has 1 N–H and O–H groups in total. The number of cyclic esters (lactones) is 1. The minimum Gasteiger partial charge on any atom is -0.478 e. The molecular formula is C11H10O4. The molecule has 1 aliphatic heterocycles. The fourth-order valence-electron chi connectivity index (χ4n) is 1.70. The largest absolute Gasteiger partial charge is 0.478 e. The Balaban J connectivity index is 2.46. The molecule has 2 rings (SSSR count). The summed E-state index contributed by atoms with van der Waals surface area (Å²) in [5.74, 6) is -1.26. The van der Waals surface area contributed by atoms with Crippen molar-refractivity contribution >= 4 is 11.9 Å². The summed E-state index contributed by atoms with van der Waals surface area (Å²) in [6.45, 7) is 0.0661. The van der Waals surface area contributed by atoms with Crippen LogP contribution in [0.5, 0.6) is 0 Å². The normalized spacial score (nSPS) is 15.1. The quantitative estimate of drug-likeness (QED) is 0.705. The SMILES string of the molecule is O=C1CCc2cccc(C(=O)O)c2CO1. The molecule has 0 aromatic heterocycles. The highest BCUT2D eigenvalue weighted by molar-refractivity contribution is 5.90. The van der Waals surface area contributed by atoms with Crippen molar-refractivity contribution in [2.45, 2.75) is 19.4 Å². The zero-order chi connectivity index (χ0) is 10.8. The summed E-state index contributed by atoms with van der Waals surface area (Å²) in [5, 5.41) is 8.96. The maximum atomic E-state index is 11.1. The number of benzene rings is 1. The maximum absolute atomic E-state index is 11.1. The monoisotopic (exact) mass is 206 g/mol. The van der Waals surface area contributed by atoms with Crippen molar-refractivity contribution in [1.29, 1.82) is 0 Å². The first-order valence-corrected chi connectivity index (χ1v) is 4.68. The lowest BCUT2D eigenvalue weighted by Gasteiger charge is -2.07. The molecule has 4 heteroatoms. The van der Waals surface area contributed by atoms with Gasteiger partial charge in [0.2, 0.25) is 0 Å². The number of hydrogen-bond acceptors (Lipinski definition) is 3. The molecule has 0 bridgehead atoms. The fourth-order valence-corrected chi connectivity index (χ4v) is 1.70. The summed E-state index contributed by atoms with van der Waals surface area (Å²) in [6.07, 6.45) is 0.866. The molecule has 1 heterocycles. The molecule has 0 fully saturated rings. The molecule has 0 unspecified atom stereocenters. The van der Waals surface area contributed by atoms with Crippen LogP contribution in [0.1, 0.15) is 27.9 Å². The van der Waals surface area contributed by atoms with Gasteiger partial charge < -0.3 is 9.84 Å². The molecule has 0 radical (unpaired) electrons. The zero-order valence-corrected chi connectivity index (χ0v) is 8.03. The average Bonchev–Trinajstić information content (AvgIpc) is 2.40. The summed E-state index contributed by atoms with van der Waals surface area (Å²) < 4.78 is 4.92. The molecule has 78 valence electrons.